The number of fused-ring (bicyclic) bond motifs is 1. The number of rotatable bonds is 2. The van der Waals surface area contributed by atoms with Crippen LogP contribution in [0.15, 0.2) is 18.5 Å². The minimum Gasteiger partial charge on any atom is -0.465 e. The third-order valence-electron chi connectivity index (χ3n) is 1.98. The lowest BCUT2D eigenvalue weighted by Crippen LogP contribution is -2.19. The van der Waals surface area contributed by atoms with E-state index in [1.807, 2.05) is 0 Å². The minimum atomic E-state index is -1.06. The Labute approximate surface area is 90.1 Å². The highest BCUT2D eigenvalue weighted by Crippen LogP contribution is 2.21. The Bertz CT molecular complexity index is 509. The maximum atomic E-state index is 10.3. The van der Waals surface area contributed by atoms with Crippen molar-refractivity contribution in [2.75, 3.05) is 0 Å². The van der Waals surface area contributed by atoms with Gasteiger partial charge in [-0.3, -0.25) is 0 Å². The third-order valence-corrected chi connectivity index (χ3v) is 2.29. The Kier molecular flexibility index (Phi) is 2.47. The number of hydrogen-bond acceptors (Lipinski definition) is 2. The zero-order chi connectivity index (χ0) is 10.8. The molecule has 5 nitrogen and oxygen atoms in total. The van der Waals surface area contributed by atoms with Gasteiger partial charge in [-0.15, -0.1) is 0 Å². The first-order chi connectivity index (χ1) is 7.16. The molecule has 78 valence electrons. The van der Waals surface area contributed by atoms with E-state index in [-0.39, 0.29) is 6.54 Å². The minimum absolute atomic E-state index is 0.222. The van der Waals surface area contributed by atoms with E-state index in [1.165, 1.54) is 0 Å². The number of aromatic amines is 1. The lowest BCUT2D eigenvalue weighted by molar-refractivity contribution is 0.194. The van der Waals surface area contributed by atoms with E-state index >= 15 is 0 Å². The number of halogens is 1. The largest absolute Gasteiger partial charge is 0.465 e. The Balaban J connectivity index is 2.29. The maximum absolute atomic E-state index is 10.3. The smallest absolute Gasteiger partial charge is 0.404 e. The van der Waals surface area contributed by atoms with Gasteiger partial charge in [0.1, 0.15) is 5.65 Å². The molecule has 1 amide bonds. The van der Waals surface area contributed by atoms with Gasteiger partial charge in [0, 0.05) is 24.3 Å². The highest BCUT2D eigenvalue weighted by molar-refractivity contribution is 6.35. The van der Waals surface area contributed by atoms with Gasteiger partial charge in [0.25, 0.3) is 0 Å². The zero-order valence-electron chi connectivity index (χ0n) is 7.62. The van der Waals surface area contributed by atoms with Gasteiger partial charge < -0.3 is 15.4 Å². The average molecular weight is 226 g/mol. The van der Waals surface area contributed by atoms with E-state index in [9.17, 15) is 4.79 Å². The second-order valence-corrected chi connectivity index (χ2v) is 3.44. The number of pyridine rings is 1. The van der Waals surface area contributed by atoms with E-state index in [1.54, 1.807) is 18.5 Å². The van der Waals surface area contributed by atoms with E-state index in [4.69, 9.17) is 16.7 Å². The average Bonchev–Trinajstić information content (AvgIpc) is 2.57. The van der Waals surface area contributed by atoms with Crippen LogP contribution in [-0.2, 0) is 6.54 Å². The fourth-order valence-electron chi connectivity index (χ4n) is 1.29. The van der Waals surface area contributed by atoms with Gasteiger partial charge in [0.2, 0.25) is 0 Å². The van der Waals surface area contributed by atoms with Crippen molar-refractivity contribution in [2.24, 2.45) is 0 Å². The van der Waals surface area contributed by atoms with E-state index < -0.39 is 6.09 Å². The molecule has 3 N–H and O–H groups in total. The van der Waals surface area contributed by atoms with Crippen LogP contribution in [0.1, 0.15) is 5.56 Å². The van der Waals surface area contributed by atoms with Crippen LogP contribution >= 0.6 is 11.6 Å². The van der Waals surface area contributed by atoms with Crippen molar-refractivity contribution in [3.8, 4) is 0 Å². The monoisotopic (exact) mass is 225 g/mol. The standard InChI is InChI=1S/C9H8ClN3O2/c10-7-4-12-8-6(7)1-5(2-11-8)3-13-9(14)15/h1-2,4,13H,3H2,(H,11,12)(H,14,15). The molecule has 0 radical (unpaired) electrons. The molecule has 15 heavy (non-hydrogen) atoms. The normalized spacial score (nSPS) is 10.5. The van der Waals surface area contributed by atoms with Crippen molar-refractivity contribution in [3.63, 3.8) is 0 Å². The summed E-state index contributed by atoms with van der Waals surface area (Å²) in [6.07, 6.45) is 2.19. The SMILES string of the molecule is O=C(O)NCc1cnc2[nH]cc(Cl)c2c1. The predicted molar refractivity (Wildman–Crippen MR) is 56.0 cm³/mol. The van der Waals surface area contributed by atoms with Crippen LogP contribution in [0.2, 0.25) is 5.02 Å². The van der Waals surface area contributed by atoms with Crippen LogP contribution in [0.4, 0.5) is 4.79 Å². The molecule has 0 bridgehead atoms. The number of carboxylic acid groups (broad SMARTS) is 1. The number of carbonyl (C=O) groups is 1. The summed E-state index contributed by atoms with van der Waals surface area (Å²) in [5.41, 5.74) is 1.46. The summed E-state index contributed by atoms with van der Waals surface area (Å²) in [6, 6.07) is 1.80. The van der Waals surface area contributed by atoms with Crippen molar-refractivity contribution in [3.05, 3.63) is 29.0 Å². The van der Waals surface area contributed by atoms with Gasteiger partial charge in [-0.05, 0) is 11.6 Å². The molecular formula is C9H8ClN3O2. The van der Waals surface area contributed by atoms with Crippen LogP contribution in [0, 0.1) is 0 Å². The molecule has 2 aromatic heterocycles. The number of H-pyrrole nitrogens is 1. The molecule has 6 heteroatoms. The predicted octanol–water partition coefficient (Wildman–Crippen LogP) is 1.98. The van der Waals surface area contributed by atoms with E-state index in [0.29, 0.717) is 10.7 Å². The fourth-order valence-corrected chi connectivity index (χ4v) is 1.49. The van der Waals surface area contributed by atoms with Crippen LogP contribution in [0.5, 0.6) is 0 Å². The number of nitrogens with zero attached hydrogens (tertiary/aromatic N) is 1. The van der Waals surface area contributed by atoms with Crippen molar-refractivity contribution in [1.82, 2.24) is 15.3 Å². The third kappa shape index (κ3) is 2.02. The van der Waals surface area contributed by atoms with Gasteiger partial charge >= 0.3 is 6.09 Å². The quantitative estimate of drug-likeness (QED) is 0.731. The van der Waals surface area contributed by atoms with Crippen molar-refractivity contribution in [2.45, 2.75) is 6.54 Å². The van der Waals surface area contributed by atoms with Crippen molar-refractivity contribution in [1.29, 1.82) is 0 Å². The van der Waals surface area contributed by atoms with Gasteiger partial charge in [0.05, 0.1) is 5.02 Å². The number of hydrogen-bond donors (Lipinski definition) is 3. The molecule has 0 spiro atoms. The number of nitrogens with one attached hydrogen (secondary N) is 2. The zero-order valence-corrected chi connectivity index (χ0v) is 8.38. The lowest BCUT2D eigenvalue weighted by atomic mass is 10.2. The molecule has 0 aromatic carbocycles. The van der Waals surface area contributed by atoms with E-state index in [0.717, 1.165) is 10.9 Å². The first-order valence-corrected chi connectivity index (χ1v) is 4.63. The second kappa shape index (κ2) is 3.78. The number of aromatic nitrogens is 2. The van der Waals surface area contributed by atoms with Crippen LogP contribution in [0.3, 0.4) is 0 Å². The van der Waals surface area contributed by atoms with E-state index in [2.05, 4.69) is 15.3 Å². The molecule has 2 heterocycles. The topological polar surface area (TPSA) is 78.0 Å². The van der Waals surface area contributed by atoms with Crippen LogP contribution in [-0.4, -0.2) is 21.2 Å². The molecule has 0 aliphatic rings. The summed E-state index contributed by atoms with van der Waals surface area (Å²) >= 11 is 5.90. The highest BCUT2D eigenvalue weighted by atomic mass is 35.5. The molecule has 2 rings (SSSR count). The first-order valence-electron chi connectivity index (χ1n) is 4.25. The Morgan fingerprint density at radius 1 is 1.67 bits per heavy atom. The molecule has 2 aromatic rings. The molecular weight excluding hydrogens is 218 g/mol. The lowest BCUT2D eigenvalue weighted by Gasteiger charge is -2.00. The summed E-state index contributed by atoms with van der Waals surface area (Å²) in [5, 5.41) is 12.1. The van der Waals surface area contributed by atoms with Crippen LogP contribution in [0.25, 0.3) is 11.0 Å². The Hall–Kier alpha value is -1.75. The highest BCUT2D eigenvalue weighted by Gasteiger charge is 2.04. The summed E-state index contributed by atoms with van der Waals surface area (Å²) in [5.74, 6) is 0. The van der Waals surface area contributed by atoms with Crippen LogP contribution < -0.4 is 5.32 Å². The molecule has 0 saturated carbocycles. The van der Waals surface area contributed by atoms with Gasteiger partial charge in [-0.2, -0.15) is 0 Å². The van der Waals surface area contributed by atoms with Crippen molar-refractivity contribution < 1.29 is 9.90 Å². The molecule has 0 unspecified atom stereocenters. The Morgan fingerprint density at radius 3 is 3.20 bits per heavy atom. The summed E-state index contributed by atoms with van der Waals surface area (Å²) in [7, 11) is 0. The summed E-state index contributed by atoms with van der Waals surface area (Å²) in [6.45, 7) is 0.222. The van der Waals surface area contributed by atoms with Crippen molar-refractivity contribution >= 4 is 28.7 Å². The maximum Gasteiger partial charge on any atom is 0.404 e. The second-order valence-electron chi connectivity index (χ2n) is 3.04. The molecule has 0 fully saturated rings. The fraction of sp³-hybridized carbons (Fsp3) is 0.111. The van der Waals surface area contributed by atoms with Gasteiger partial charge in [0.15, 0.2) is 0 Å². The molecule has 0 atom stereocenters. The summed E-state index contributed by atoms with van der Waals surface area (Å²) < 4.78 is 0. The molecule has 0 saturated heterocycles. The molecule has 0 aliphatic heterocycles. The van der Waals surface area contributed by atoms with Gasteiger partial charge in [-0.25, -0.2) is 9.78 Å². The first kappa shape index (κ1) is 9.79. The number of amides is 1. The molecule has 0 aliphatic carbocycles. The van der Waals surface area contributed by atoms with Gasteiger partial charge in [-0.1, -0.05) is 11.6 Å². The Morgan fingerprint density at radius 2 is 2.47 bits per heavy atom. The summed E-state index contributed by atoms with van der Waals surface area (Å²) in [4.78, 5) is 17.3.